The van der Waals surface area contributed by atoms with Crippen LogP contribution in [0.3, 0.4) is 0 Å². The van der Waals surface area contributed by atoms with Crippen molar-refractivity contribution in [3.05, 3.63) is 47.4 Å². The molecule has 180 valence electrons. The number of anilines is 2. The molecule has 2 heterocycles. The highest BCUT2D eigenvalue weighted by Gasteiger charge is 2.35. The predicted molar refractivity (Wildman–Crippen MR) is 119 cm³/mol. The molecule has 0 bridgehead atoms. The lowest BCUT2D eigenvalue weighted by Crippen LogP contribution is -2.40. The summed E-state index contributed by atoms with van der Waals surface area (Å²) in [6.45, 7) is 1.78. The normalized spacial score (nSPS) is 16.8. The molecular weight excluding hydrogens is 462 g/mol. The van der Waals surface area contributed by atoms with Gasteiger partial charge < -0.3 is 15.5 Å². The molecule has 1 amide bonds. The smallest absolute Gasteiger partial charge is 0.382 e. The van der Waals surface area contributed by atoms with Gasteiger partial charge in [0, 0.05) is 31.4 Å². The van der Waals surface area contributed by atoms with Gasteiger partial charge in [-0.2, -0.15) is 13.2 Å². The van der Waals surface area contributed by atoms with Gasteiger partial charge in [0.25, 0.3) is 5.91 Å². The molecule has 1 saturated carbocycles. The highest BCUT2D eigenvalue weighted by atomic mass is 35.5. The number of carbonyl (C=O) groups excluding carboxylic acids is 1. The fraction of sp³-hybridized carbons (Fsp3) is 0.500. The van der Waals surface area contributed by atoms with Crippen molar-refractivity contribution in [2.45, 2.75) is 44.3 Å². The first-order valence-corrected chi connectivity index (χ1v) is 10.8. The summed E-state index contributed by atoms with van der Waals surface area (Å²) in [5.41, 5.74) is -0.858. The number of hydrogen-bond donors (Lipinski definition) is 2. The Morgan fingerprint density at radius 2 is 1.79 bits per heavy atom. The maximum atomic E-state index is 13.3. The number of amides is 1. The van der Waals surface area contributed by atoms with Crippen molar-refractivity contribution in [3.8, 4) is 0 Å². The molecule has 1 saturated heterocycles. The number of aromatic nitrogens is 2. The standard InChI is InChI=1S/C22H25F4N5O.ClH/c23-15-3-4-18(17(13-15)22(24,25)26)28-16-8-11-31(12-9-16)20-6-5-19(29-30-20)21(32)27-10-7-14-1-2-14;/h3-6,13-14,16,28H,1-2,7-12H2,(H,27,32);1H. The van der Waals surface area contributed by atoms with Crippen molar-refractivity contribution in [2.24, 2.45) is 5.92 Å². The van der Waals surface area contributed by atoms with Gasteiger partial charge in [0.2, 0.25) is 0 Å². The summed E-state index contributed by atoms with van der Waals surface area (Å²) in [6.07, 6.45) is 0.00272. The molecule has 0 spiro atoms. The SMILES string of the molecule is Cl.O=C(NCCC1CC1)c1ccc(N2CCC(Nc3ccc(F)cc3C(F)(F)F)CC2)nn1. The molecule has 1 aromatic heterocycles. The summed E-state index contributed by atoms with van der Waals surface area (Å²) in [6, 6.07) is 5.85. The summed E-state index contributed by atoms with van der Waals surface area (Å²) in [7, 11) is 0. The summed E-state index contributed by atoms with van der Waals surface area (Å²) in [5.74, 6) is 0.198. The van der Waals surface area contributed by atoms with E-state index in [-0.39, 0.29) is 35.7 Å². The van der Waals surface area contributed by atoms with E-state index in [0.717, 1.165) is 24.5 Å². The molecule has 1 aliphatic carbocycles. The first-order chi connectivity index (χ1) is 15.3. The number of alkyl halides is 3. The van der Waals surface area contributed by atoms with E-state index >= 15 is 0 Å². The van der Waals surface area contributed by atoms with Crippen LogP contribution in [0.25, 0.3) is 0 Å². The molecule has 0 unspecified atom stereocenters. The van der Waals surface area contributed by atoms with Gasteiger partial charge >= 0.3 is 6.18 Å². The number of nitrogens with one attached hydrogen (secondary N) is 2. The van der Waals surface area contributed by atoms with E-state index < -0.39 is 17.6 Å². The van der Waals surface area contributed by atoms with Crippen LogP contribution < -0.4 is 15.5 Å². The molecule has 4 rings (SSSR count). The second kappa shape index (κ2) is 10.5. The van der Waals surface area contributed by atoms with Crippen LogP contribution in [0.5, 0.6) is 0 Å². The molecule has 2 N–H and O–H groups in total. The number of benzene rings is 1. The molecule has 0 atom stereocenters. The van der Waals surface area contributed by atoms with E-state index in [0.29, 0.717) is 44.4 Å². The van der Waals surface area contributed by atoms with Crippen LogP contribution in [0, 0.1) is 11.7 Å². The molecule has 2 aromatic rings. The van der Waals surface area contributed by atoms with Crippen LogP contribution >= 0.6 is 12.4 Å². The zero-order valence-electron chi connectivity index (χ0n) is 17.9. The van der Waals surface area contributed by atoms with Crippen LogP contribution in [0.4, 0.5) is 29.1 Å². The highest BCUT2D eigenvalue weighted by Crippen LogP contribution is 2.36. The lowest BCUT2D eigenvalue weighted by Gasteiger charge is -2.33. The van der Waals surface area contributed by atoms with Gasteiger partial charge in [0.05, 0.1) is 5.56 Å². The number of halogens is 5. The maximum Gasteiger partial charge on any atom is 0.418 e. The van der Waals surface area contributed by atoms with E-state index in [1.54, 1.807) is 12.1 Å². The van der Waals surface area contributed by atoms with Crippen LogP contribution in [0.15, 0.2) is 30.3 Å². The fourth-order valence-electron chi connectivity index (χ4n) is 3.85. The minimum atomic E-state index is -4.63. The third kappa shape index (κ3) is 6.69. The zero-order valence-corrected chi connectivity index (χ0v) is 18.7. The van der Waals surface area contributed by atoms with Crippen molar-refractivity contribution >= 4 is 29.8 Å². The Hall–Kier alpha value is -2.62. The molecule has 33 heavy (non-hydrogen) atoms. The third-order valence-electron chi connectivity index (χ3n) is 5.88. The Morgan fingerprint density at radius 1 is 1.06 bits per heavy atom. The van der Waals surface area contributed by atoms with E-state index in [1.807, 2.05) is 4.90 Å². The molecule has 6 nitrogen and oxygen atoms in total. The summed E-state index contributed by atoms with van der Waals surface area (Å²) in [4.78, 5) is 14.1. The number of carbonyl (C=O) groups is 1. The van der Waals surface area contributed by atoms with Crippen LogP contribution in [-0.2, 0) is 6.18 Å². The second-order valence-electron chi connectivity index (χ2n) is 8.36. The highest BCUT2D eigenvalue weighted by molar-refractivity contribution is 5.92. The van der Waals surface area contributed by atoms with Gasteiger partial charge in [-0.1, -0.05) is 12.8 Å². The summed E-state index contributed by atoms with van der Waals surface area (Å²) in [5, 5.41) is 13.9. The van der Waals surface area contributed by atoms with E-state index in [2.05, 4.69) is 20.8 Å². The van der Waals surface area contributed by atoms with Crippen molar-refractivity contribution in [3.63, 3.8) is 0 Å². The molecule has 1 aromatic carbocycles. The average molecular weight is 488 g/mol. The van der Waals surface area contributed by atoms with E-state index in [4.69, 9.17) is 0 Å². The number of hydrogen-bond acceptors (Lipinski definition) is 5. The first-order valence-electron chi connectivity index (χ1n) is 10.8. The van der Waals surface area contributed by atoms with Crippen molar-refractivity contribution in [1.82, 2.24) is 15.5 Å². The summed E-state index contributed by atoms with van der Waals surface area (Å²) >= 11 is 0. The van der Waals surface area contributed by atoms with Gasteiger partial charge in [-0.3, -0.25) is 4.79 Å². The van der Waals surface area contributed by atoms with Crippen LogP contribution in [0.1, 0.15) is 48.2 Å². The third-order valence-corrected chi connectivity index (χ3v) is 5.88. The van der Waals surface area contributed by atoms with E-state index in [1.165, 1.54) is 12.8 Å². The van der Waals surface area contributed by atoms with Gasteiger partial charge in [-0.25, -0.2) is 4.39 Å². The first kappa shape index (κ1) is 25.0. The lowest BCUT2D eigenvalue weighted by atomic mass is 10.0. The zero-order chi connectivity index (χ0) is 22.7. The monoisotopic (exact) mass is 487 g/mol. The Bertz CT molecular complexity index is 945. The number of rotatable bonds is 7. The molecule has 0 radical (unpaired) electrons. The van der Waals surface area contributed by atoms with Gasteiger partial charge in [0.1, 0.15) is 5.82 Å². The van der Waals surface area contributed by atoms with Crippen molar-refractivity contribution < 1.29 is 22.4 Å². The molecular formula is C22H26ClF4N5O. The minimum absolute atomic E-state index is 0. The molecule has 11 heteroatoms. The number of piperidine rings is 1. The molecule has 1 aliphatic heterocycles. The van der Waals surface area contributed by atoms with Gasteiger partial charge in [-0.05, 0) is 55.5 Å². The number of nitrogens with zero attached hydrogens (tertiary/aromatic N) is 3. The van der Waals surface area contributed by atoms with Gasteiger partial charge in [-0.15, -0.1) is 22.6 Å². The Labute approximate surface area is 195 Å². The van der Waals surface area contributed by atoms with E-state index in [9.17, 15) is 22.4 Å². The topological polar surface area (TPSA) is 70.2 Å². The second-order valence-corrected chi connectivity index (χ2v) is 8.36. The van der Waals surface area contributed by atoms with Crippen LogP contribution in [0.2, 0.25) is 0 Å². The van der Waals surface area contributed by atoms with Crippen molar-refractivity contribution in [1.29, 1.82) is 0 Å². The lowest BCUT2D eigenvalue weighted by molar-refractivity contribution is -0.137. The minimum Gasteiger partial charge on any atom is -0.382 e. The molecule has 2 fully saturated rings. The Balaban J connectivity index is 0.00000306. The fourth-order valence-corrected chi connectivity index (χ4v) is 3.85. The average Bonchev–Trinajstić information content (AvgIpc) is 3.59. The predicted octanol–water partition coefficient (Wildman–Crippen LogP) is 4.67. The Kier molecular flexibility index (Phi) is 7.99. The van der Waals surface area contributed by atoms with Crippen molar-refractivity contribution in [2.75, 3.05) is 29.9 Å². The Morgan fingerprint density at radius 3 is 2.39 bits per heavy atom. The largest absolute Gasteiger partial charge is 0.418 e. The maximum absolute atomic E-state index is 13.3. The van der Waals surface area contributed by atoms with Gasteiger partial charge in [0.15, 0.2) is 11.5 Å². The molecule has 2 aliphatic rings. The quantitative estimate of drug-likeness (QED) is 0.556. The summed E-state index contributed by atoms with van der Waals surface area (Å²) < 4.78 is 52.9. The van der Waals surface area contributed by atoms with Crippen LogP contribution in [-0.4, -0.2) is 41.8 Å².